The minimum absolute atomic E-state index is 0.363. The number of hydrogen-bond acceptors (Lipinski definition) is 5. The van der Waals surface area contributed by atoms with Gasteiger partial charge in [-0.25, -0.2) is 4.79 Å². The summed E-state index contributed by atoms with van der Waals surface area (Å²) in [6, 6.07) is 0. The summed E-state index contributed by atoms with van der Waals surface area (Å²) in [5.74, 6) is -0.428. The monoisotopic (exact) mass is 360 g/mol. The largest absolute Gasteiger partial charge is 0.543 e. The zero-order chi connectivity index (χ0) is 18.4. The molecular weight excluding hydrogens is 324 g/mol. The first-order valence-corrected chi connectivity index (χ1v) is 10.8. The molecule has 0 amide bonds. The third-order valence-corrected chi connectivity index (χ3v) is 7.07. The second-order valence-electron chi connectivity index (χ2n) is 6.15. The number of esters is 1. The Bertz CT molecular complexity index is 347. The van der Waals surface area contributed by atoms with Gasteiger partial charge in [-0.3, -0.25) is 0 Å². The van der Waals surface area contributed by atoms with E-state index in [0.29, 0.717) is 12.0 Å². The number of carbonyl (C=O) groups excluding carboxylic acids is 1. The normalized spacial score (nSPS) is 12.9. The Morgan fingerprint density at radius 1 is 0.917 bits per heavy atom. The minimum Gasteiger partial charge on any atom is -0.454 e. The van der Waals surface area contributed by atoms with Crippen LogP contribution in [0.5, 0.6) is 0 Å². The second kappa shape index (κ2) is 13.6. The third-order valence-electron chi connectivity index (χ3n) is 4.17. The smallest absolute Gasteiger partial charge is 0.454 e. The van der Waals surface area contributed by atoms with Gasteiger partial charge in [-0.15, -0.1) is 0 Å². The fourth-order valence-corrected chi connectivity index (χ4v) is 4.74. The van der Waals surface area contributed by atoms with E-state index >= 15 is 0 Å². The van der Waals surface area contributed by atoms with Gasteiger partial charge in [0.1, 0.15) is 0 Å². The number of ether oxygens (including phenoxy) is 1. The molecule has 6 heteroatoms. The van der Waals surface area contributed by atoms with Gasteiger partial charge in [-0.05, 0) is 19.8 Å². The SMILES string of the molecule is C=C(C)C(=O)OC(CCCCCCCCCC)[Si](OC)(OC)OC. The zero-order valence-electron chi connectivity index (χ0n) is 16.2. The molecule has 0 aliphatic rings. The van der Waals surface area contributed by atoms with Crippen LogP contribution in [0.15, 0.2) is 12.2 Å². The molecular formula is C18H36O5Si. The van der Waals surface area contributed by atoms with Crippen LogP contribution in [0.25, 0.3) is 0 Å². The molecule has 0 aliphatic carbocycles. The van der Waals surface area contributed by atoms with Crippen LogP contribution >= 0.6 is 0 Å². The van der Waals surface area contributed by atoms with Gasteiger partial charge in [-0.2, -0.15) is 0 Å². The molecule has 0 bridgehead atoms. The minimum atomic E-state index is -3.03. The molecule has 0 rings (SSSR count). The maximum absolute atomic E-state index is 11.9. The molecule has 0 spiro atoms. The summed E-state index contributed by atoms with van der Waals surface area (Å²) in [4.78, 5) is 11.9. The van der Waals surface area contributed by atoms with E-state index < -0.39 is 20.5 Å². The summed E-state index contributed by atoms with van der Waals surface area (Å²) in [5.41, 5.74) is -0.135. The van der Waals surface area contributed by atoms with E-state index in [1.807, 2.05) is 0 Å². The lowest BCUT2D eigenvalue weighted by molar-refractivity contribution is -0.144. The average molecular weight is 361 g/mol. The number of rotatable bonds is 15. The maximum atomic E-state index is 11.9. The van der Waals surface area contributed by atoms with E-state index in [0.717, 1.165) is 12.8 Å². The highest BCUT2D eigenvalue weighted by atomic mass is 28.4. The van der Waals surface area contributed by atoms with Crippen LogP contribution in [-0.2, 0) is 22.8 Å². The molecule has 0 aromatic heterocycles. The molecule has 0 saturated heterocycles. The lowest BCUT2D eigenvalue weighted by Gasteiger charge is -2.31. The highest BCUT2D eigenvalue weighted by Gasteiger charge is 2.50. The van der Waals surface area contributed by atoms with Crippen molar-refractivity contribution in [2.45, 2.75) is 77.4 Å². The van der Waals surface area contributed by atoms with Crippen molar-refractivity contribution in [3.8, 4) is 0 Å². The molecule has 0 saturated carbocycles. The van der Waals surface area contributed by atoms with Crippen molar-refractivity contribution in [3.05, 3.63) is 12.2 Å². The molecule has 0 radical (unpaired) electrons. The van der Waals surface area contributed by atoms with Crippen molar-refractivity contribution in [1.29, 1.82) is 0 Å². The molecule has 1 atom stereocenters. The standard InChI is InChI=1S/C18H36O5Si/c1-7-8-9-10-11-12-13-14-15-17(23-18(19)16(2)3)24(20-4,21-5)22-6/h17H,2,7-15H2,1,3-6H3. The Balaban J connectivity index is 4.45. The van der Waals surface area contributed by atoms with Gasteiger partial charge in [0.15, 0.2) is 5.73 Å². The van der Waals surface area contributed by atoms with Crippen LogP contribution in [-0.4, -0.2) is 41.8 Å². The Labute approximate surface area is 149 Å². The molecule has 0 heterocycles. The second-order valence-corrected chi connectivity index (χ2v) is 9.23. The van der Waals surface area contributed by atoms with E-state index in [9.17, 15) is 4.79 Å². The van der Waals surface area contributed by atoms with Gasteiger partial charge in [0.2, 0.25) is 0 Å². The van der Waals surface area contributed by atoms with Crippen molar-refractivity contribution < 1.29 is 22.8 Å². The van der Waals surface area contributed by atoms with Gasteiger partial charge < -0.3 is 18.0 Å². The van der Waals surface area contributed by atoms with Crippen LogP contribution < -0.4 is 0 Å². The molecule has 24 heavy (non-hydrogen) atoms. The van der Waals surface area contributed by atoms with Crippen LogP contribution in [0.1, 0.15) is 71.6 Å². The van der Waals surface area contributed by atoms with Crippen molar-refractivity contribution in [3.63, 3.8) is 0 Å². The molecule has 0 aromatic carbocycles. The fourth-order valence-electron chi connectivity index (χ4n) is 2.65. The topological polar surface area (TPSA) is 54.0 Å². The van der Waals surface area contributed by atoms with Crippen LogP contribution in [0, 0.1) is 0 Å². The van der Waals surface area contributed by atoms with Crippen molar-refractivity contribution in [2.75, 3.05) is 21.3 Å². The molecule has 0 fully saturated rings. The Morgan fingerprint density at radius 3 is 1.79 bits per heavy atom. The highest BCUT2D eigenvalue weighted by Crippen LogP contribution is 2.22. The Kier molecular flexibility index (Phi) is 13.2. The van der Waals surface area contributed by atoms with Gasteiger partial charge in [0, 0.05) is 26.9 Å². The van der Waals surface area contributed by atoms with Crippen molar-refractivity contribution in [1.82, 2.24) is 0 Å². The van der Waals surface area contributed by atoms with E-state index in [-0.39, 0.29) is 0 Å². The summed E-state index contributed by atoms with van der Waals surface area (Å²) in [5, 5.41) is 0. The molecule has 0 aromatic rings. The van der Waals surface area contributed by atoms with E-state index in [2.05, 4.69) is 13.5 Å². The van der Waals surface area contributed by atoms with E-state index in [1.165, 1.54) is 59.9 Å². The van der Waals surface area contributed by atoms with Crippen molar-refractivity contribution >= 4 is 14.8 Å². The lowest BCUT2D eigenvalue weighted by Crippen LogP contribution is -2.56. The number of unbranched alkanes of at least 4 members (excludes halogenated alkanes) is 7. The maximum Gasteiger partial charge on any atom is 0.543 e. The van der Waals surface area contributed by atoms with Crippen molar-refractivity contribution in [2.24, 2.45) is 0 Å². The molecule has 0 N–H and O–H groups in total. The molecule has 1 unspecified atom stereocenters. The van der Waals surface area contributed by atoms with Crippen LogP contribution in [0.4, 0.5) is 0 Å². The van der Waals surface area contributed by atoms with Crippen LogP contribution in [0.3, 0.4) is 0 Å². The van der Waals surface area contributed by atoms with Gasteiger partial charge >= 0.3 is 14.8 Å². The summed E-state index contributed by atoms with van der Waals surface area (Å²) in [6.07, 6.45) is 10.4. The number of carbonyl (C=O) groups is 1. The Morgan fingerprint density at radius 2 is 1.38 bits per heavy atom. The fraction of sp³-hybridized carbons (Fsp3) is 0.833. The van der Waals surface area contributed by atoms with E-state index in [4.69, 9.17) is 18.0 Å². The predicted octanol–water partition coefficient (Wildman–Crippen LogP) is 4.42. The quantitative estimate of drug-likeness (QED) is 0.187. The van der Waals surface area contributed by atoms with E-state index in [1.54, 1.807) is 6.92 Å². The Hall–Kier alpha value is -0.693. The number of hydrogen-bond donors (Lipinski definition) is 0. The molecule has 0 aliphatic heterocycles. The first kappa shape index (κ1) is 23.3. The van der Waals surface area contributed by atoms with Gasteiger partial charge in [0.25, 0.3) is 0 Å². The first-order valence-electron chi connectivity index (χ1n) is 8.99. The summed E-state index contributed by atoms with van der Waals surface area (Å²) >= 11 is 0. The van der Waals surface area contributed by atoms with Crippen LogP contribution in [0.2, 0.25) is 0 Å². The average Bonchev–Trinajstić information content (AvgIpc) is 2.58. The van der Waals surface area contributed by atoms with Gasteiger partial charge in [-0.1, -0.05) is 58.4 Å². The highest BCUT2D eigenvalue weighted by molar-refractivity contribution is 6.62. The van der Waals surface area contributed by atoms with Gasteiger partial charge in [0.05, 0.1) is 0 Å². The lowest BCUT2D eigenvalue weighted by atomic mass is 10.1. The zero-order valence-corrected chi connectivity index (χ0v) is 17.2. The molecule has 5 nitrogen and oxygen atoms in total. The third kappa shape index (κ3) is 8.42. The summed E-state index contributed by atoms with van der Waals surface area (Å²) in [6.45, 7) is 7.49. The first-order chi connectivity index (χ1) is 11.5. The predicted molar refractivity (Wildman–Crippen MR) is 98.7 cm³/mol. The molecule has 142 valence electrons. The summed E-state index contributed by atoms with van der Waals surface area (Å²) < 4.78 is 22.0. The summed E-state index contributed by atoms with van der Waals surface area (Å²) in [7, 11) is 1.58.